The molecule has 0 aliphatic heterocycles. The van der Waals surface area contributed by atoms with Crippen molar-refractivity contribution in [2.45, 2.75) is 49.5 Å². The molecule has 0 spiro atoms. The number of anilines is 1. The lowest BCUT2D eigenvalue weighted by Gasteiger charge is -2.21. The van der Waals surface area contributed by atoms with E-state index in [2.05, 4.69) is 5.32 Å². The monoisotopic (exact) mass is 349 g/mol. The van der Waals surface area contributed by atoms with Crippen LogP contribution in [0.4, 0.5) is 5.69 Å². The van der Waals surface area contributed by atoms with Gasteiger partial charge in [-0.05, 0) is 37.0 Å². The fourth-order valence-corrected chi connectivity index (χ4v) is 4.94. The molecule has 0 heterocycles. The van der Waals surface area contributed by atoms with Crippen molar-refractivity contribution in [3.05, 3.63) is 29.8 Å². The van der Waals surface area contributed by atoms with E-state index in [-0.39, 0.29) is 5.91 Å². The minimum atomic E-state index is -0.910. The molecule has 2 fully saturated rings. The molecule has 0 saturated heterocycles. The molecule has 0 unspecified atom stereocenters. The first-order valence-electron chi connectivity index (χ1n) is 8.54. The van der Waals surface area contributed by atoms with Crippen LogP contribution in [0.3, 0.4) is 0 Å². The first-order chi connectivity index (χ1) is 11.5. The smallest absolute Gasteiger partial charge is 0.307 e. The zero-order valence-corrected chi connectivity index (χ0v) is 14.4. The van der Waals surface area contributed by atoms with Crippen LogP contribution in [-0.2, 0) is 26.1 Å². The summed E-state index contributed by atoms with van der Waals surface area (Å²) in [5, 5.41) is 12.0. The van der Waals surface area contributed by atoms with Crippen LogP contribution in [-0.4, -0.2) is 26.4 Å². The lowest BCUT2D eigenvalue weighted by atomic mass is 10.0. The molecule has 2 N–H and O–H groups in total. The van der Waals surface area contributed by atoms with Crippen molar-refractivity contribution in [2.24, 2.45) is 11.8 Å². The molecule has 3 atom stereocenters. The van der Waals surface area contributed by atoms with Gasteiger partial charge in [-0.15, -0.1) is 0 Å². The minimum Gasteiger partial charge on any atom is -0.481 e. The number of amides is 1. The predicted octanol–water partition coefficient (Wildman–Crippen LogP) is 2.93. The Morgan fingerprint density at radius 3 is 2.58 bits per heavy atom. The maximum Gasteiger partial charge on any atom is 0.307 e. The van der Waals surface area contributed by atoms with E-state index in [0.717, 1.165) is 18.4 Å². The van der Waals surface area contributed by atoms with Gasteiger partial charge in [0.05, 0.1) is 11.8 Å². The number of nitrogens with one attached hydrogen (secondary N) is 1. The molecule has 5 nitrogen and oxygen atoms in total. The highest BCUT2D eigenvalue weighted by molar-refractivity contribution is 7.84. The Kier molecular flexibility index (Phi) is 5.33. The Morgan fingerprint density at radius 2 is 1.92 bits per heavy atom. The number of hydrogen-bond acceptors (Lipinski definition) is 3. The average molecular weight is 349 g/mol. The van der Waals surface area contributed by atoms with Crippen LogP contribution in [0.2, 0.25) is 0 Å². The molecule has 1 amide bonds. The van der Waals surface area contributed by atoms with Crippen LogP contribution < -0.4 is 5.32 Å². The van der Waals surface area contributed by atoms with Crippen molar-refractivity contribution in [1.29, 1.82) is 0 Å². The van der Waals surface area contributed by atoms with Crippen molar-refractivity contribution >= 4 is 28.4 Å². The van der Waals surface area contributed by atoms with E-state index < -0.39 is 28.6 Å². The van der Waals surface area contributed by atoms with Gasteiger partial charge in [0.2, 0.25) is 5.91 Å². The Morgan fingerprint density at radius 1 is 1.17 bits per heavy atom. The van der Waals surface area contributed by atoms with E-state index in [1.807, 2.05) is 18.2 Å². The second-order valence-electron chi connectivity index (χ2n) is 6.76. The van der Waals surface area contributed by atoms with Gasteiger partial charge in [-0.3, -0.25) is 13.8 Å². The fourth-order valence-electron chi connectivity index (χ4n) is 3.34. The number of aliphatic carboxylic acids is 1. The van der Waals surface area contributed by atoms with Gasteiger partial charge in [0.15, 0.2) is 0 Å². The number of hydrogen-bond donors (Lipinski definition) is 2. The highest BCUT2D eigenvalue weighted by Crippen LogP contribution is 2.39. The van der Waals surface area contributed by atoms with Crippen molar-refractivity contribution in [1.82, 2.24) is 0 Å². The van der Waals surface area contributed by atoms with E-state index in [9.17, 15) is 13.8 Å². The number of rotatable bonds is 6. The molecule has 24 heavy (non-hydrogen) atoms. The van der Waals surface area contributed by atoms with Gasteiger partial charge >= 0.3 is 5.97 Å². The summed E-state index contributed by atoms with van der Waals surface area (Å²) in [5.74, 6) is -1.62. The maximum atomic E-state index is 12.5. The standard InChI is InChI=1S/C18H23NO4S/c20-17(15-10-16(15)18(21)22)19-13-6-4-5-12(9-13)11-24(23)14-7-2-1-3-8-14/h4-6,9,14-16H,1-3,7-8,10-11H2,(H,19,20)(H,21,22)/t15-,16+,24+/m0/s1. The van der Waals surface area contributed by atoms with Crippen molar-refractivity contribution in [3.8, 4) is 0 Å². The second kappa shape index (κ2) is 7.47. The summed E-state index contributed by atoms with van der Waals surface area (Å²) in [5.41, 5.74) is 1.59. The third-order valence-electron chi connectivity index (χ3n) is 4.87. The molecule has 2 aliphatic carbocycles. The first-order valence-corrected chi connectivity index (χ1v) is 9.92. The fraction of sp³-hybridized carbons (Fsp3) is 0.556. The van der Waals surface area contributed by atoms with E-state index >= 15 is 0 Å². The van der Waals surface area contributed by atoms with Crippen LogP contribution in [0.15, 0.2) is 24.3 Å². The molecule has 0 aromatic heterocycles. The van der Waals surface area contributed by atoms with Gasteiger partial charge in [-0.2, -0.15) is 0 Å². The number of carboxylic acids is 1. The second-order valence-corrected chi connectivity index (χ2v) is 8.48. The van der Waals surface area contributed by atoms with Gasteiger partial charge in [-0.1, -0.05) is 31.4 Å². The quantitative estimate of drug-likeness (QED) is 0.827. The Labute approximate surface area is 144 Å². The molecular formula is C18H23NO4S. The summed E-state index contributed by atoms with van der Waals surface area (Å²) in [4.78, 5) is 22.9. The number of carboxylic acid groups (broad SMARTS) is 1. The summed E-state index contributed by atoms with van der Waals surface area (Å²) < 4.78 is 12.5. The van der Waals surface area contributed by atoms with Crippen LogP contribution >= 0.6 is 0 Å². The SMILES string of the molecule is O=C(Nc1cccc(C[S@@](=O)C2CCCCC2)c1)[C@H]1C[C@H]1C(=O)O. The molecule has 130 valence electrons. The van der Waals surface area contributed by atoms with Crippen molar-refractivity contribution in [2.75, 3.05) is 5.32 Å². The predicted molar refractivity (Wildman–Crippen MR) is 93.0 cm³/mol. The van der Waals surface area contributed by atoms with E-state index in [1.165, 1.54) is 19.3 Å². The normalized spacial score (nSPS) is 25.0. The molecule has 2 saturated carbocycles. The number of carbonyl (C=O) groups is 2. The summed E-state index contributed by atoms with van der Waals surface area (Å²) in [6, 6.07) is 7.39. The lowest BCUT2D eigenvalue weighted by molar-refractivity contribution is -0.139. The van der Waals surface area contributed by atoms with Gasteiger partial charge < -0.3 is 10.4 Å². The molecule has 0 bridgehead atoms. The van der Waals surface area contributed by atoms with Gasteiger partial charge in [-0.25, -0.2) is 0 Å². The Balaban J connectivity index is 1.57. The zero-order valence-electron chi connectivity index (χ0n) is 13.6. The van der Waals surface area contributed by atoms with Crippen LogP contribution in [0.5, 0.6) is 0 Å². The van der Waals surface area contributed by atoms with Crippen LogP contribution in [0.1, 0.15) is 44.1 Å². The molecule has 3 rings (SSSR count). The molecule has 0 radical (unpaired) electrons. The van der Waals surface area contributed by atoms with E-state index in [1.54, 1.807) is 6.07 Å². The number of carbonyl (C=O) groups excluding carboxylic acids is 1. The van der Waals surface area contributed by atoms with Crippen LogP contribution in [0, 0.1) is 11.8 Å². The third kappa shape index (κ3) is 4.23. The van der Waals surface area contributed by atoms with Crippen molar-refractivity contribution < 1.29 is 18.9 Å². The first kappa shape index (κ1) is 17.1. The Hall–Kier alpha value is -1.69. The molecule has 6 heteroatoms. The van der Waals surface area contributed by atoms with Gasteiger partial charge in [0, 0.05) is 27.5 Å². The molecular weight excluding hydrogens is 326 g/mol. The summed E-state index contributed by atoms with van der Waals surface area (Å²) in [6.45, 7) is 0. The summed E-state index contributed by atoms with van der Waals surface area (Å²) >= 11 is 0. The molecule has 1 aromatic rings. The van der Waals surface area contributed by atoms with E-state index in [4.69, 9.17) is 5.11 Å². The molecule has 1 aromatic carbocycles. The highest BCUT2D eigenvalue weighted by atomic mass is 32.2. The van der Waals surface area contributed by atoms with E-state index in [0.29, 0.717) is 23.1 Å². The molecule has 2 aliphatic rings. The Bertz CT molecular complexity index is 654. The highest BCUT2D eigenvalue weighted by Gasteiger charge is 2.48. The average Bonchev–Trinajstić information content (AvgIpc) is 3.37. The van der Waals surface area contributed by atoms with Crippen LogP contribution in [0.25, 0.3) is 0 Å². The summed E-state index contributed by atoms with van der Waals surface area (Å²) in [6.07, 6.45) is 6.07. The number of benzene rings is 1. The lowest BCUT2D eigenvalue weighted by Crippen LogP contribution is -2.20. The van der Waals surface area contributed by atoms with Gasteiger partial charge in [0.25, 0.3) is 0 Å². The maximum absolute atomic E-state index is 12.5. The zero-order chi connectivity index (χ0) is 17.1. The van der Waals surface area contributed by atoms with Gasteiger partial charge in [0.1, 0.15) is 0 Å². The third-order valence-corrected chi connectivity index (χ3v) is 6.70. The minimum absolute atomic E-state index is 0.243. The topological polar surface area (TPSA) is 83.5 Å². The van der Waals surface area contributed by atoms with Crippen molar-refractivity contribution in [3.63, 3.8) is 0 Å². The summed E-state index contributed by atoms with van der Waals surface area (Å²) in [7, 11) is -0.877. The largest absolute Gasteiger partial charge is 0.481 e.